The third-order valence-electron chi connectivity index (χ3n) is 10.4. The number of rotatable bonds is 7. The van der Waals surface area contributed by atoms with Gasteiger partial charge in [-0.1, -0.05) is 42.5 Å². The monoisotopic (exact) mass is 999 g/mol. The van der Waals surface area contributed by atoms with Gasteiger partial charge in [-0.05, 0) is 32.9 Å². The van der Waals surface area contributed by atoms with E-state index in [9.17, 15) is 57.5 Å². The highest BCUT2D eigenvalue weighted by Gasteiger charge is 2.52. The van der Waals surface area contributed by atoms with E-state index >= 15 is 35.1 Å². The first-order valence-electron chi connectivity index (χ1n) is 19.1. The lowest BCUT2D eigenvalue weighted by Crippen LogP contribution is -2.81. The standard InChI is InChI=1S/C24BF20.C21H22NO2/c26-5-1(6(27)14(35)21(42)13(5)34)25(2-7(28)15(36)22(43)16(37)8(2)29,3-9(30)17(38)23(44)18(39)10(3)31)4-11(32)19(40)24(45)20(41)12(4)33;1-21(2,3)24-20(23)19-14-13-17-11-7-8-12-18(17)22(19)15-16-9-5-4-6-10-16/h;4-14H,15H2,1-3H3/q-1;+1. The summed E-state index contributed by atoms with van der Waals surface area (Å²) in [7, 11) is 0. The lowest BCUT2D eigenvalue weighted by molar-refractivity contribution is -0.665. The second-order valence-corrected chi connectivity index (χ2v) is 15.7. The number of aromatic nitrogens is 1. The Hall–Kier alpha value is -7.14. The summed E-state index contributed by atoms with van der Waals surface area (Å²) in [6.07, 6.45) is -7.22. The number of carbonyl (C=O) groups is 1. The number of esters is 1. The molecule has 3 nitrogen and oxygen atoms in total. The zero-order valence-electron chi connectivity index (χ0n) is 34.5. The molecule has 24 heteroatoms. The Bertz CT molecular complexity index is 2850. The Kier molecular flexibility index (Phi) is 13.9. The lowest BCUT2D eigenvalue weighted by Gasteiger charge is -2.44. The topological polar surface area (TPSA) is 30.2 Å². The molecule has 0 fully saturated rings. The van der Waals surface area contributed by atoms with Crippen LogP contribution in [0.25, 0.3) is 10.9 Å². The molecular formula is C45H22BF20NO2. The summed E-state index contributed by atoms with van der Waals surface area (Å²) in [5.41, 5.74) is -12.1. The smallest absolute Gasteiger partial charge is 0.404 e. The van der Waals surface area contributed by atoms with E-state index in [-0.39, 0.29) is 5.97 Å². The third-order valence-corrected chi connectivity index (χ3v) is 10.4. The highest BCUT2D eigenvalue weighted by atomic mass is 19.2. The molecule has 0 aliphatic rings. The van der Waals surface area contributed by atoms with Gasteiger partial charge in [0.1, 0.15) is 58.3 Å². The van der Waals surface area contributed by atoms with Gasteiger partial charge in [0, 0.05) is 23.1 Å². The average molecular weight is 999 g/mol. The number of para-hydroxylation sites is 1. The summed E-state index contributed by atoms with van der Waals surface area (Å²) in [6, 6.07) is 22.0. The number of fused-ring (bicyclic) bond motifs is 1. The Labute approximate surface area is 373 Å². The molecule has 1 heterocycles. The molecule has 0 spiro atoms. The predicted octanol–water partition coefficient (Wildman–Crippen LogP) is 9.98. The fourth-order valence-electron chi connectivity index (χ4n) is 7.58. The molecule has 1 aromatic heterocycles. The molecule has 7 rings (SSSR count). The number of hydrogen-bond donors (Lipinski definition) is 0. The van der Waals surface area contributed by atoms with Crippen molar-refractivity contribution in [3.05, 3.63) is 194 Å². The number of hydrogen-bond acceptors (Lipinski definition) is 2. The minimum Gasteiger partial charge on any atom is -0.452 e. The number of nitrogens with zero attached hydrogens (tertiary/aromatic N) is 1. The minimum absolute atomic E-state index is 0.302. The van der Waals surface area contributed by atoms with Crippen LogP contribution < -0.4 is 26.4 Å². The van der Waals surface area contributed by atoms with E-state index in [1.54, 1.807) is 0 Å². The normalized spacial score (nSPS) is 11.8. The quantitative estimate of drug-likeness (QED) is 0.0398. The summed E-state index contributed by atoms with van der Waals surface area (Å²) in [6.45, 7) is 6.27. The largest absolute Gasteiger partial charge is 0.452 e. The molecule has 0 radical (unpaired) electrons. The molecule has 0 atom stereocenters. The van der Waals surface area contributed by atoms with Gasteiger partial charge >= 0.3 is 5.97 Å². The van der Waals surface area contributed by atoms with Gasteiger partial charge in [-0.2, -0.15) is 4.57 Å². The van der Waals surface area contributed by atoms with Gasteiger partial charge in [-0.25, -0.2) is 92.6 Å². The Morgan fingerprint density at radius 1 is 0.406 bits per heavy atom. The Balaban J connectivity index is 0.000000273. The maximum absolute atomic E-state index is 15.4. The van der Waals surface area contributed by atoms with Crippen molar-refractivity contribution < 1.29 is 102 Å². The maximum atomic E-state index is 15.4. The van der Waals surface area contributed by atoms with Gasteiger partial charge in [0.25, 0.3) is 5.69 Å². The van der Waals surface area contributed by atoms with Crippen LogP contribution in [0.5, 0.6) is 0 Å². The van der Waals surface area contributed by atoms with Gasteiger partial charge in [0.15, 0.2) is 76.4 Å². The molecule has 6 aromatic carbocycles. The van der Waals surface area contributed by atoms with Gasteiger partial charge < -0.3 is 4.74 Å². The maximum Gasteiger partial charge on any atom is 0.404 e. The van der Waals surface area contributed by atoms with Gasteiger partial charge in [-0.15, -0.1) is 21.9 Å². The van der Waals surface area contributed by atoms with Gasteiger partial charge in [-0.3, -0.25) is 0 Å². The molecule has 0 N–H and O–H groups in total. The molecule has 69 heavy (non-hydrogen) atoms. The SMILES string of the molecule is CC(C)(C)OC(=O)c1ccc2ccccc2[n+]1Cc1ccccc1.Fc1c(F)c(F)c([B-](c2c(F)c(F)c(F)c(F)c2F)(c2c(F)c(F)c(F)c(F)c2F)c2c(F)c(F)c(F)c(F)c2F)c(F)c1F. The number of halogens is 20. The Morgan fingerprint density at radius 2 is 0.696 bits per heavy atom. The van der Waals surface area contributed by atoms with Crippen LogP contribution in [0.15, 0.2) is 66.7 Å². The molecular weight excluding hydrogens is 977 g/mol. The first kappa shape index (κ1) is 51.3. The molecule has 0 aliphatic carbocycles. The van der Waals surface area contributed by atoms with Crippen LogP contribution in [-0.2, 0) is 11.3 Å². The molecule has 7 aromatic rings. The Morgan fingerprint density at radius 3 is 1.01 bits per heavy atom. The minimum atomic E-state index is -7.22. The second kappa shape index (κ2) is 18.7. The zero-order valence-corrected chi connectivity index (χ0v) is 34.5. The average Bonchev–Trinajstić information content (AvgIpc) is 3.31. The molecule has 0 bridgehead atoms. The third kappa shape index (κ3) is 8.46. The summed E-state index contributed by atoms with van der Waals surface area (Å²) in [5.74, 6) is -71.7. The van der Waals surface area contributed by atoms with E-state index < -0.39 is 150 Å². The number of carbonyl (C=O) groups excluding carboxylic acids is 1. The number of pyridine rings is 1. The van der Waals surface area contributed by atoms with Gasteiger partial charge in [0.2, 0.25) is 5.52 Å². The molecule has 0 unspecified atom stereocenters. The lowest BCUT2D eigenvalue weighted by atomic mass is 9.12. The van der Waals surface area contributed by atoms with Crippen molar-refractivity contribution in [3.63, 3.8) is 0 Å². The molecule has 0 saturated carbocycles. The van der Waals surface area contributed by atoms with Crippen molar-refractivity contribution in [1.82, 2.24) is 0 Å². The van der Waals surface area contributed by atoms with E-state index in [0.717, 1.165) is 16.5 Å². The van der Waals surface area contributed by atoms with Crippen LogP contribution in [0.2, 0.25) is 0 Å². The van der Waals surface area contributed by atoms with Crippen LogP contribution in [0.4, 0.5) is 87.8 Å². The highest BCUT2D eigenvalue weighted by Crippen LogP contribution is 2.31. The summed E-state index contributed by atoms with van der Waals surface area (Å²) >= 11 is 0. The zero-order chi connectivity index (χ0) is 51.5. The van der Waals surface area contributed by atoms with E-state index in [1.807, 2.05) is 73.9 Å². The molecule has 0 amide bonds. The van der Waals surface area contributed by atoms with Crippen LogP contribution in [0.1, 0.15) is 36.8 Å². The first-order chi connectivity index (χ1) is 32.1. The molecule has 0 saturated heterocycles. The van der Waals surface area contributed by atoms with Crippen molar-refractivity contribution in [2.45, 2.75) is 32.9 Å². The first-order valence-corrected chi connectivity index (χ1v) is 19.1. The predicted molar refractivity (Wildman–Crippen MR) is 204 cm³/mol. The van der Waals surface area contributed by atoms with Gasteiger partial charge in [0.05, 0.1) is 0 Å². The van der Waals surface area contributed by atoms with Crippen molar-refractivity contribution in [2.24, 2.45) is 0 Å². The number of ether oxygens (including phenoxy) is 1. The van der Waals surface area contributed by atoms with Crippen LogP contribution in [0, 0.1) is 116 Å². The highest BCUT2D eigenvalue weighted by molar-refractivity contribution is 7.20. The van der Waals surface area contributed by atoms with Crippen LogP contribution in [-0.4, -0.2) is 17.7 Å². The summed E-state index contributed by atoms with van der Waals surface area (Å²) in [5, 5.41) is 1.10. The van der Waals surface area contributed by atoms with Crippen molar-refractivity contribution in [1.29, 1.82) is 0 Å². The molecule has 362 valence electrons. The van der Waals surface area contributed by atoms with E-state index in [0.29, 0.717) is 12.2 Å². The van der Waals surface area contributed by atoms with Crippen molar-refractivity contribution in [3.8, 4) is 0 Å². The summed E-state index contributed by atoms with van der Waals surface area (Å²) in [4.78, 5) is 12.7. The van der Waals surface area contributed by atoms with E-state index in [2.05, 4.69) is 18.2 Å². The number of benzene rings is 6. The van der Waals surface area contributed by atoms with Crippen LogP contribution >= 0.6 is 0 Å². The molecule has 0 aliphatic heterocycles. The second-order valence-electron chi connectivity index (χ2n) is 15.7. The fraction of sp³-hybridized carbons (Fsp3) is 0.111. The fourth-order valence-corrected chi connectivity index (χ4v) is 7.58. The van der Waals surface area contributed by atoms with Crippen LogP contribution in [0.3, 0.4) is 0 Å². The van der Waals surface area contributed by atoms with Crippen molar-refractivity contribution >= 4 is 44.9 Å². The summed E-state index contributed by atoms with van der Waals surface area (Å²) < 4.78 is 302. The van der Waals surface area contributed by atoms with Crippen molar-refractivity contribution in [2.75, 3.05) is 0 Å². The van der Waals surface area contributed by atoms with E-state index in [4.69, 9.17) is 4.74 Å². The van der Waals surface area contributed by atoms with E-state index in [1.165, 1.54) is 0 Å².